The van der Waals surface area contributed by atoms with Crippen LogP contribution in [-0.4, -0.2) is 12.0 Å². The molecule has 3 rings (SSSR count). The zero-order chi connectivity index (χ0) is 14.1. The Morgan fingerprint density at radius 2 is 1.85 bits per heavy atom. The van der Waals surface area contributed by atoms with Crippen LogP contribution in [0.1, 0.15) is 12.5 Å². The maximum Gasteiger partial charge on any atom is 0.268 e. The van der Waals surface area contributed by atoms with E-state index in [9.17, 15) is 4.79 Å². The lowest BCUT2D eigenvalue weighted by atomic mass is 10.2. The quantitative estimate of drug-likeness (QED) is 0.796. The smallest absolute Gasteiger partial charge is 0.268 e. The molecule has 0 bridgehead atoms. The van der Waals surface area contributed by atoms with Crippen molar-refractivity contribution in [1.29, 1.82) is 0 Å². The van der Waals surface area contributed by atoms with E-state index in [4.69, 9.17) is 4.74 Å². The molecule has 1 aliphatic heterocycles. The molecule has 102 valence electrons. The third-order valence-electron chi connectivity index (χ3n) is 3.36. The van der Waals surface area contributed by atoms with Gasteiger partial charge in [-0.2, -0.15) is 0 Å². The van der Waals surface area contributed by atoms with Gasteiger partial charge < -0.3 is 9.64 Å². The molecule has 3 nitrogen and oxygen atoms in total. The maximum absolute atomic E-state index is 12.5. The molecule has 0 aromatic heterocycles. The maximum atomic E-state index is 12.5. The molecule has 0 fully saturated rings. The van der Waals surface area contributed by atoms with E-state index in [0.29, 0.717) is 6.54 Å². The van der Waals surface area contributed by atoms with Gasteiger partial charge in [0.1, 0.15) is 5.75 Å². The summed E-state index contributed by atoms with van der Waals surface area (Å²) >= 11 is 3.51. The lowest BCUT2D eigenvalue weighted by molar-refractivity contribution is -0.124. The number of ether oxygens (including phenoxy) is 1. The van der Waals surface area contributed by atoms with E-state index in [0.717, 1.165) is 21.5 Å². The topological polar surface area (TPSA) is 29.5 Å². The molecule has 0 radical (unpaired) electrons. The summed E-state index contributed by atoms with van der Waals surface area (Å²) in [6.45, 7) is 2.30. The van der Waals surface area contributed by atoms with Gasteiger partial charge in [0.15, 0.2) is 6.10 Å². The Morgan fingerprint density at radius 3 is 2.65 bits per heavy atom. The van der Waals surface area contributed by atoms with E-state index < -0.39 is 6.10 Å². The first-order chi connectivity index (χ1) is 9.66. The van der Waals surface area contributed by atoms with Crippen molar-refractivity contribution < 1.29 is 9.53 Å². The van der Waals surface area contributed by atoms with Crippen molar-refractivity contribution in [2.45, 2.75) is 19.6 Å². The van der Waals surface area contributed by atoms with Crippen molar-refractivity contribution in [3.8, 4) is 5.75 Å². The fourth-order valence-corrected chi connectivity index (χ4v) is 2.83. The molecule has 1 unspecified atom stereocenters. The van der Waals surface area contributed by atoms with Crippen LogP contribution >= 0.6 is 15.9 Å². The van der Waals surface area contributed by atoms with Crippen molar-refractivity contribution in [3.05, 3.63) is 58.6 Å². The van der Waals surface area contributed by atoms with Crippen LogP contribution < -0.4 is 9.64 Å². The van der Waals surface area contributed by atoms with Gasteiger partial charge in [-0.15, -0.1) is 0 Å². The first-order valence-electron chi connectivity index (χ1n) is 6.47. The molecule has 4 heteroatoms. The minimum Gasteiger partial charge on any atom is -0.481 e. The second-order valence-electron chi connectivity index (χ2n) is 4.74. The fraction of sp³-hybridized carbons (Fsp3) is 0.188. The van der Waals surface area contributed by atoms with E-state index in [1.165, 1.54) is 0 Å². The van der Waals surface area contributed by atoms with Gasteiger partial charge in [0.25, 0.3) is 5.91 Å². The number of carbonyl (C=O) groups excluding carboxylic acids is 1. The van der Waals surface area contributed by atoms with Crippen LogP contribution in [0.4, 0.5) is 5.69 Å². The third-order valence-corrected chi connectivity index (χ3v) is 4.03. The van der Waals surface area contributed by atoms with Gasteiger partial charge >= 0.3 is 0 Å². The normalized spacial score (nSPS) is 18.2. The lowest BCUT2D eigenvalue weighted by Crippen LogP contribution is -2.38. The van der Waals surface area contributed by atoms with Crippen LogP contribution in [0, 0.1) is 0 Å². The Labute approximate surface area is 126 Å². The molecule has 2 aromatic rings. The average molecular weight is 332 g/mol. The molecule has 1 heterocycles. The summed E-state index contributed by atoms with van der Waals surface area (Å²) in [7, 11) is 0. The van der Waals surface area contributed by atoms with Crippen LogP contribution in [0.3, 0.4) is 0 Å². The van der Waals surface area contributed by atoms with Gasteiger partial charge in [0.05, 0.1) is 12.2 Å². The zero-order valence-corrected chi connectivity index (χ0v) is 12.6. The number of anilines is 1. The summed E-state index contributed by atoms with van der Waals surface area (Å²) in [6, 6.07) is 15.5. The van der Waals surface area contributed by atoms with Crippen LogP contribution in [0.5, 0.6) is 5.75 Å². The Kier molecular flexibility index (Phi) is 3.49. The number of hydrogen-bond acceptors (Lipinski definition) is 2. The second-order valence-corrected chi connectivity index (χ2v) is 5.60. The van der Waals surface area contributed by atoms with Gasteiger partial charge in [0.2, 0.25) is 0 Å². The molecule has 1 atom stereocenters. The van der Waals surface area contributed by atoms with Crippen LogP contribution in [-0.2, 0) is 11.3 Å². The van der Waals surface area contributed by atoms with Crippen molar-refractivity contribution in [3.63, 3.8) is 0 Å². The molecule has 2 aromatic carbocycles. The van der Waals surface area contributed by atoms with Gasteiger partial charge in [-0.1, -0.05) is 30.3 Å². The molecule has 1 aliphatic rings. The van der Waals surface area contributed by atoms with Crippen LogP contribution in [0.2, 0.25) is 0 Å². The summed E-state index contributed by atoms with van der Waals surface area (Å²) < 4.78 is 6.66. The number of nitrogens with zero attached hydrogens (tertiary/aromatic N) is 1. The average Bonchev–Trinajstić information content (AvgIpc) is 2.58. The summed E-state index contributed by atoms with van der Waals surface area (Å²) in [6.07, 6.45) is -0.495. The minimum absolute atomic E-state index is 0.0342. The zero-order valence-electron chi connectivity index (χ0n) is 11.0. The molecule has 20 heavy (non-hydrogen) atoms. The Balaban J connectivity index is 2.07. The number of amides is 1. The Hall–Kier alpha value is -1.81. The SMILES string of the molecule is CC1Oc2ccccc2CN(c2ccccc2Br)C1=O. The van der Waals surface area contributed by atoms with Gasteiger partial charge in [-0.25, -0.2) is 0 Å². The molecule has 0 saturated carbocycles. The summed E-state index contributed by atoms with van der Waals surface area (Å²) in [5.41, 5.74) is 1.88. The van der Waals surface area contributed by atoms with E-state index in [-0.39, 0.29) is 5.91 Å². The lowest BCUT2D eigenvalue weighted by Gasteiger charge is -2.23. The molecule has 1 amide bonds. The van der Waals surface area contributed by atoms with E-state index in [1.54, 1.807) is 11.8 Å². The van der Waals surface area contributed by atoms with E-state index in [2.05, 4.69) is 15.9 Å². The molecule has 0 N–H and O–H groups in total. The number of rotatable bonds is 1. The second kappa shape index (κ2) is 5.29. The highest BCUT2D eigenvalue weighted by Gasteiger charge is 2.29. The number of halogens is 1. The van der Waals surface area contributed by atoms with Gasteiger partial charge in [0, 0.05) is 10.0 Å². The van der Waals surface area contributed by atoms with Gasteiger partial charge in [-0.05, 0) is 41.1 Å². The van der Waals surface area contributed by atoms with Gasteiger partial charge in [-0.3, -0.25) is 4.79 Å². The number of carbonyl (C=O) groups is 1. The van der Waals surface area contributed by atoms with Crippen molar-refractivity contribution in [1.82, 2.24) is 0 Å². The van der Waals surface area contributed by atoms with Crippen molar-refractivity contribution in [2.75, 3.05) is 4.90 Å². The third kappa shape index (κ3) is 2.31. The predicted octanol–water partition coefficient (Wildman–Crippen LogP) is 3.76. The standard InChI is InChI=1S/C16H14BrNO2/c1-11-16(19)18(14-8-4-3-7-13(14)17)10-12-6-2-5-9-15(12)20-11/h2-9,11H,10H2,1H3. The van der Waals surface area contributed by atoms with E-state index in [1.807, 2.05) is 48.5 Å². The van der Waals surface area contributed by atoms with Crippen LogP contribution in [0.25, 0.3) is 0 Å². The predicted molar refractivity (Wildman–Crippen MR) is 81.9 cm³/mol. The number of benzene rings is 2. The Bertz CT molecular complexity index is 656. The number of para-hydroxylation sites is 2. The molecule has 0 aliphatic carbocycles. The first kappa shape index (κ1) is 13.2. The number of hydrogen-bond donors (Lipinski definition) is 0. The first-order valence-corrected chi connectivity index (χ1v) is 7.26. The Morgan fingerprint density at radius 1 is 1.15 bits per heavy atom. The molecular weight excluding hydrogens is 318 g/mol. The van der Waals surface area contributed by atoms with Crippen LogP contribution in [0.15, 0.2) is 53.0 Å². The minimum atomic E-state index is -0.495. The highest BCUT2D eigenvalue weighted by atomic mass is 79.9. The highest BCUT2D eigenvalue weighted by Crippen LogP contribution is 2.32. The monoisotopic (exact) mass is 331 g/mol. The summed E-state index contributed by atoms with van der Waals surface area (Å²) in [5, 5.41) is 0. The summed E-state index contributed by atoms with van der Waals surface area (Å²) in [5.74, 6) is 0.746. The van der Waals surface area contributed by atoms with Crippen molar-refractivity contribution in [2.24, 2.45) is 0 Å². The van der Waals surface area contributed by atoms with E-state index >= 15 is 0 Å². The summed E-state index contributed by atoms with van der Waals surface area (Å²) in [4.78, 5) is 14.3. The molecule has 0 saturated heterocycles. The molecule has 0 spiro atoms. The van der Waals surface area contributed by atoms with Crippen molar-refractivity contribution >= 4 is 27.5 Å². The number of fused-ring (bicyclic) bond motifs is 1. The molecular formula is C16H14BrNO2. The fourth-order valence-electron chi connectivity index (χ4n) is 2.33. The highest BCUT2D eigenvalue weighted by molar-refractivity contribution is 9.10. The largest absolute Gasteiger partial charge is 0.481 e.